The van der Waals surface area contributed by atoms with Crippen molar-refractivity contribution in [1.29, 1.82) is 10.8 Å². The summed E-state index contributed by atoms with van der Waals surface area (Å²) in [6, 6.07) is 43.2. The normalized spacial score (nSPS) is 10.9. The van der Waals surface area contributed by atoms with Crippen LogP contribution in [0.3, 0.4) is 0 Å². The van der Waals surface area contributed by atoms with Crippen LogP contribution in [0.15, 0.2) is 158 Å². The Balaban J connectivity index is 0.000000225. The quantitative estimate of drug-likeness (QED) is 0.0399. The van der Waals surface area contributed by atoms with Crippen molar-refractivity contribution in [1.82, 2.24) is 19.8 Å². The molecular weight excluding hydrogens is 999 g/mol. The highest BCUT2D eigenvalue weighted by Crippen LogP contribution is 2.24. The Hall–Kier alpha value is -9.34. The van der Waals surface area contributed by atoms with Gasteiger partial charge in [0.05, 0.1) is 0 Å². The Morgan fingerprint density at radius 3 is 1.16 bits per heavy atom. The number of benzene rings is 4. The van der Waals surface area contributed by atoms with Crippen LogP contribution in [0.4, 0.5) is 26.3 Å². The zero-order valence-corrected chi connectivity index (χ0v) is 40.9. The van der Waals surface area contributed by atoms with Gasteiger partial charge in [-0.3, -0.25) is 20.4 Å². The summed E-state index contributed by atoms with van der Waals surface area (Å²) < 4.78 is 71.1. The number of hydrogen-bond donors (Lipinski definition) is 6. The summed E-state index contributed by atoms with van der Waals surface area (Å²) in [5.74, 6) is -6.14. The van der Waals surface area contributed by atoms with E-state index in [2.05, 4.69) is 34.9 Å². The third-order valence-electron chi connectivity index (χ3n) is 11.2. The first-order valence-electron chi connectivity index (χ1n) is 23.0. The van der Waals surface area contributed by atoms with Crippen molar-refractivity contribution >= 4 is 57.2 Å². The van der Waals surface area contributed by atoms with Gasteiger partial charge in [0.1, 0.15) is 49.1 Å². The number of hydrogen-bond acceptors (Lipinski definition) is 8. The smallest absolute Gasteiger partial charge is 0.430 e. The molecule has 0 aliphatic carbocycles. The number of para-hydroxylation sites is 2. The molecule has 22 heteroatoms. The Morgan fingerprint density at radius 1 is 0.513 bits per heavy atom. The number of halogens is 6. The van der Waals surface area contributed by atoms with Gasteiger partial charge in [0.15, 0.2) is 24.8 Å². The maximum Gasteiger partial charge on any atom is 0.430 e. The first-order valence-corrected chi connectivity index (χ1v) is 23.0. The summed E-state index contributed by atoms with van der Waals surface area (Å²) in [7, 11) is 3.97. The van der Waals surface area contributed by atoms with Gasteiger partial charge in [-0.15, -0.1) is 0 Å². The Morgan fingerprint density at radius 2 is 0.842 bits per heavy atom. The fraction of sp³-hybridized carbons (Fsp3) is 0.185. The van der Waals surface area contributed by atoms with E-state index in [-0.39, 0.29) is 23.5 Å². The van der Waals surface area contributed by atoms with Crippen molar-refractivity contribution in [2.24, 2.45) is 25.6 Å². The maximum atomic E-state index is 13.1. The molecule has 0 radical (unpaired) electrons. The number of carboxylic acids is 2. The first-order chi connectivity index (χ1) is 35.9. The summed E-state index contributed by atoms with van der Waals surface area (Å²) in [5, 5.41) is 41.1. The SMILES string of the molecule is C[n+]1ccc(CCNC(=O)c2cc3ccccc3n2Cc2cccc(C(=N)N)c2)cc1.C[n+]1ccc(CCNC(=O)c2cc3ccccc3n2Cc2cccc(C(=N)N)c2)cc1.O=C([O-])C(F)(F)F.O=C([O-])C(F)(F)F. The molecule has 4 heterocycles. The zero-order chi connectivity index (χ0) is 55.7. The van der Waals surface area contributed by atoms with Crippen molar-refractivity contribution in [3.05, 3.63) is 203 Å². The standard InChI is InChI=1S/2C25H25N5O.2C2HF3O2/c2*1-29-13-10-18(11-14-29)9-12-28-25(31)23-16-20-6-2-3-8-22(20)30(23)17-19-5-4-7-21(15-19)24(26)27;2*3-2(4,5)1(6)7/h2*2-8,10-11,13-16H,9,12,17H2,1H3,(H3-,26,27,28,31);2*(H,6,7). The molecule has 0 unspecified atom stereocenters. The van der Waals surface area contributed by atoms with E-state index in [1.54, 1.807) is 0 Å². The third-order valence-corrected chi connectivity index (χ3v) is 11.2. The largest absolute Gasteiger partial charge is 0.542 e. The predicted octanol–water partition coefficient (Wildman–Crippen LogP) is 4.14. The minimum absolute atomic E-state index is 0.0340. The molecule has 4 aromatic carbocycles. The van der Waals surface area contributed by atoms with E-state index in [1.165, 1.54) is 11.1 Å². The van der Waals surface area contributed by atoms with Crippen LogP contribution >= 0.6 is 0 Å². The molecule has 0 atom stereocenters. The van der Waals surface area contributed by atoms with Gasteiger partial charge in [-0.05, 0) is 71.5 Å². The summed E-state index contributed by atoms with van der Waals surface area (Å²) in [5.41, 5.74) is 20.2. The number of amides is 2. The molecular formula is C54H52F6N10O6. The van der Waals surface area contributed by atoms with Crippen LogP contribution in [-0.4, -0.2) is 70.0 Å². The van der Waals surface area contributed by atoms with E-state index in [1.807, 2.05) is 166 Å². The van der Waals surface area contributed by atoms with Crippen molar-refractivity contribution in [3.8, 4) is 0 Å². The van der Waals surface area contributed by atoms with Crippen LogP contribution < -0.4 is 41.4 Å². The number of nitrogen functional groups attached to an aromatic ring is 2. The molecule has 396 valence electrons. The zero-order valence-electron chi connectivity index (χ0n) is 40.9. The number of carbonyl (C=O) groups is 4. The second-order valence-corrected chi connectivity index (χ2v) is 16.9. The van der Waals surface area contributed by atoms with Gasteiger partial charge in [-0.1, -0.05) is 72.8 Å². The van der Waals surface area contributed by atoms with Gasteiger partial charge < -0.3 is 51.0 Å². The summed E-state index contributed by atoms with van der Waals surface area (Å²) in [4.78, 5) is 43.7. The minimum atomic E-state index is -5.19. The van der Waals surface area contributed by atoms with Crippen molar-refractivity contribution in [2.45, 2.75) is 38.3 Å². The number of pyridine rings is 2. The van der Waals surface area contributed by atoms with Gasteiger partial charge in [0.25, 0.3) is 11.8 Å². The molecule has 2 amide bonds. The number of aryl methyl sites for hydroxylation is 2. The number of carbonyl (C=O) groups excluding carboxylic acids is 4. The second-order valence-electron chi connectivity index (χ2n) is 16.9. The van der Waals surface area contributed by atoms with Gasteiger partial charge in [-0.25, -0.2) is 9.13 Å². The molecule has 16 nitrogen and oxygen atoms in total. The van der Waals surface area contributed by atoms with Gasteiger partial charge in [0, 0.05) is 83.4 Å². The van der Waals surface area contributed by atoms with E-state index in [9.17, 15) is 35.9 Å². The van der Waals surface area contributed by atoms with Crippen LogP contribution in [0.5, 0.6) is 0 Å². The number of aliphatic carboxylic acids is 2. The van der Waals surface area contributed by atoms with E-state index in [4.69, 9.17) is 42.1 Å². The van der Waals surface area contributed by atoms with Crippen molar-refractivity contribution in [3.63, 3.8) is 0 Å². The Labute approximate surface area is 431 Å². The lowest BCUT2D eigenvalue weighted by Crippen LogP contribution is -2.37. The maximum absolute atomic E-state index is 13.1. The molecule has 0 saturated heterocycles. The van der Waals surface area contributed by atoms with Crippen LogP contribution in [0.1, 0.15) is 54.4 Å². The number of nitrogens with zero attached hydrogens (tertiary/aromatic N) is 4. The third kappa shape index (κ3) is 16.9. The molecule has 8 rings (SSSR count). The van der Waals surface area contributed by atoms with E-state index < -0.39 is 24.3 Å². The van der Waals surface area contributed by atoms with Crippen LogP contribution in [0.25, 0.3) is 21.8 Å². The van der Waals surface area contributed by atoms with E-state index in [0.717, 1.165) is 45.8 Å². The number of nitrogens with one attached hydrogen (secondary N) is 4. The highest BCUT2D eigenvalue weighted by atomic mass is 19.4. The lowest BCUT2D eigenvalue weighted by atomic mass is 10.1. The number of alkyl halides is 6. The minimum Gasteiger partial charge on any atom is -0.542 e. The average molecular weight is 1050 g/mol. The monoisotopic (exact) mass is 1050 g/mol. The Bertz CT molecular complexity index is 3110. The number of nitrogens with two attached hydrogens (primary N) is 2. The molecule has 4 aromatic heterocycles. The summed E-state index contributed by atoms with van der Waals surface area (Å²) >= 11 is 0. The van der Waals surface area contributed by atoms with Crippen molar-refractivity contribution < 1.29 is 64.9 Å². The second kappa shape index (κ2) is 26.0. The van der Waals surface area contributed by atoms with E-state index in [0.29, 0.717) is 48.7 Å². The van der Waals surface area contributed by atoms with Gasteiger partial charge in [0.2, 0.25) is 0 Å². The lowest BCUT2D eigenvalue weighted by molar-refractivity contribution is -0.671. The topological polar surface area (TPSA) is 256 Å². The fourth-order valence-electron chi connectivity index (χ4n) is 7.40. The summed E-state index contributed by atoms with van der Waals surface area (Å²) in [6.07, 6.45) is -0.830. The molecule has 0 aliphatic rings. The van der Waals surface area contributed by atoms with Crippen LogP contribution in [0, 0.1) is 10.8 Å². The van der Waals surface area contributed by atoms with Crippen molar-refractivity contribution in [2.75, 3.05) is 13.1 Å². The predicted molar refractivity (Wildman–Crippen MR) is 266 cm³/mol. The van der Waals surface area contributed by atoms with Gasteiger partial charge in [-0.2, -0.15) is 26.3 Å². The molecule has 0 saturated carbocycles. The molecule has 0 bridgehead atoms. The highest BCUT2D eigenvalue weighted by molar-refractivity contribution is 6.00. The molecule has 76 heavy (non-hydrogen) atoms. The highest BCUT2D eigenvalue weighted by Gasteiger charge is 2.29. The number of aromatic nitrogens is 4. The number of rotatable bonds is 14. The van der Waals surface area contributed by atoms with Crippen LogP contribution in [-0.2, 0) is 49.6 Å². The average Bonchev–Trinajstić information content (AvgIpc) is 3.93. The number of carboxylic acid groups (broad SMARTS) is 2. The molecule has 8 aromatic rings. The summed E-state index contributed by atoms with van der Waals surface area (Å²) in [6.45, 7) is 2.17. The lowest BCUT2D eigenvalue weighted by Gasteiger charge is -2.12. The number of amidine groups is 2. The van der Waals surface area contributed by atoms with Crippen LogP contribution in [0.2, 0.25) is 0 Å². The molecule has 0 aliphatic heterocycles. The molecule has 0 fully saturated rings. The Kier molecular flexibility index (Phi) is 19.7. The number of fused-ring (bicyclic) bond motifs is 2. The van der Waals surface area contributed by atoms with E-state index >= 15 is 0 Å². The van der Waals surface area contributed by atoms with Gasteiger partial charge >= 0.3 is 12.4 Å². The first kappa shape index (κ1) is 57.6. The molecule has 0 spiro atoms. The fourth-order valence-corrected chi connectivity index (χ4v) is 7.40. The molecule has 8 N–H and O–H groups in total.